The Hall–Kier alpha value is -0.890. The number of phenolic OH excluding ortho intramolecular Hbond substituents is 1. The van der Waals surface area contributed by atoms with Crippen molar-refractivity contribution in [1.29, 1.82) is 0 Å². The molecule has 0 spiro atoms. The highest BCUT2D eigenvalue weighted by Gasteiger charge is 2.49. The molecule has 3 heteroatoms. The number of halogens is 1. The maximum absolute atomic E-state index is 10.7. The molecule has 0 bridgehead atoms. The van der Waals surface area contributed by atoms with Gasteiger partial charge in [-0.05, 0) is 76.5 Å². The topological polar surface area (TPSA) is 29.5 Å². The minimum absolute atomic E-state index is 0.182. The molecule has 1 N–H and O–H groups in total. The average Bonchev–Trinajstić information content (AvgIpc) is 2.44. The van der Waals surface area contributed by atoms with Crippen LogP contribution in [0, 0.1) is 5.92 Å². The smallest absolute Gasteiger partial charge is 0.127 e. The Bertz CT molecular complexity index is 606. The van der Waals surface area contributed by atoms with Crippen molar-refractivity contribution in [3.05, 3.63) is 23.3 Å². The van der Waals surface area contributed by atoms with Gasteiger partial charge < -0.3 is 9.84 Å². The van der Waals surface area contributed by atoms with Crippen molar-refractivity contribution in [2.75, 3.05) is 0 Å². The number of rotatable bonds is 4. The highest BCUT2D eigenvalue weighted by atomic mass is 35.5. The first-order valence-corrected chi connectivity index (χ1v) is 9.85. The van der Waals surface area contributed by atoms with Crippen LogP contribution < -0.4 is 4.74 Å². The van der Waals surface area contributed by atoms with Gasteiger partial charge in [0.25, 0.3) is 0 Å². The summed E-state index contributed by atoms with van der Waals surface area (Å²) in [5, 5.41) is 10.7. The van der Waals surface area contributed by atoms with E-state index in [1.54, 1.807) is 0 Å². The molecule has 1 aliphatic carbocycles. The van der Waals surface area contributed by atoms with Gasteiger partial charge in [0.15, 0.2) is 0 Å². The van der Waals surface area contributed by atoms with Crippen LogP contribution in [0.25, 0.3) is 0 Å². The van der Waals surface area contributed by atoms with Crippen LogP contribution in [0.2, 0.25) is 0 Å². The molecule has 1 fully saturated rings. The van der Waals surface area contributed by atoms with Crippen LogP contribution in [0.15, 0.2) is 12.1 Å². The van der Waals surface area contributed by atoms with Gasteiger partial charge in [0.05, 0.1) is 0 Å². The summed E-state index contributed by atoms with van der Waals surface area (Å²) >= 11 is 6.70. The first-order chi connectivity index (χ1) is 11.2. The Morgan fingerprint density at radius 1 is 1.25 bits per heavy atom. The fourth-order valence-corrected chi connectivity index (χ4v) is 4.98. The second-order valence-electron chi connectivity index (χ2n) is 8.56. The van der Waals surface area contributed by atoms with Gasteiger partial charge in [-0.2, -0.15) is 0 Å². The van der Waals surface area contributed by atoms with Gasteiger partial charge in [-0.1, -0.05) is 19.8 Å². The van der Waals surface area contributed by atoms with Gasteiger partial charge in [-0.3, -0.25) is 0 Å². The molecule has 1 heterocycles. The molecular weight excluding hydrogens is 320 g/mol. The third-order valence-electron chi connectivity index (χ3n) is 5.99. The zero-order valence-corrected chi connectivity index (χ0v) is 16.2. The predicted molar refractivity (Wildman–Crippen MR) is 100 cm³/mol. The Morgan fingerprint density at radius 3 is 2.71 bits per heavy atom. The molecule has 3 atom stereocenters. The van der Waals surface area contributed by atoms with Crippen LogP contribution in [0.1, 0.15) is 83.3 Å². The molecule has 0 radical (unpaired) electrons. The van der Waals surface area contributed by atoms with Crippen LogP contribution in [-0.4, -0.2) is 15.6 Å². The van der Waals surface area contributed by atoms with E-state index in [4.69, 9.17) is 16.3 Å². The van der Waals surface area contributed by atoms with Crippen molar-refractivity contribution >= 4 is 11.6 Å². The van der Waals surface area contributed by atoms with E-state index >= 15 is 0 Å². The SMILES string of the molecule is CCCCCc1cc(O)c2c(c1)OC(C)(C)C1CCC(C)(Cl)CC21. The van der Waals surface area contributed by atoms with Crippen LogP contribution >= 0.6 is 11.6 Å². The fraction of sp³-hybridized carbons (Fsp3) is 0.714. The minimum atomic E-state index is -0.209. The molecule has 0 amide bonds. The van der Waals surface area contributed by atoms with Crippen LogP contribution in [0.4, 0.5) is 0 Å². The maximum atomic E-state index is 10.7. The Kier molecular flexibility index (Phi) is 4.81. The van der Waals surface area contributed by atoms with Crippen molar-refractivity contribution in [1.82, 2.24) is 0 Å². The summed E-state index contributed by atoms with van der Waals surface area (Å²) < 4.78 is 6.38. The number of aromatic hydroxyl groups is 1. The number of benzene rings is 1. The molecule has 3 unspecified atom stereocenters. The minimum Gasteiger partial charge on any atom is -0.508 e. The summed E-state index contributed by atoms with van der Waals surface area (Å²) in [5.41, 5.74) is 1.96. The zero-order valence-electron chi connectivity index (χ0n) is 15.5. The lowest BCUT2D eigenvalue weighted by atomic mass is 9.64. The van der Waals surface area contributed by atoms with E-state index in [0.29, 0.717) is 11.7 Å². The van der Waals surface area contributed by atoms with Gasteiger partial charge >= 0.3 is 0 Å². The van der Waals surface area contributed by atoms with Crippen molar-refractivity contribution < 1.29 is 9.84 Å². The van der Waals surface area contributed by atoms with E-state index < -0.39 is 0 Å². The third-order valence-corrected chi connectivity index (χ3v) is 6.34. The van der Waals surface area contributed by atoms with Crippen molar-refractivity contribution in [3.8, 4) is 11.5 Å². The van der Waals surface area contributed by atoms with Gasteiger partial charge in [0.1, 0.15) is 17.1 Å². The monoisotopic (exact) mass is 350 g/mol. The van der Waals surface area contributed by atoms with E-state index in [0.717, 1.165) is 43.4 Å². The number of phenols is 1. The molecule has 2 aliphatic rings. The summed E-state index contributed by atoms with van der Waals surface area (Å²) in [7, 11) is 0. The van der Waals surface area contributed by atoms with Gasteiger partial charge in [0, 0.05) is 16.4 Å². The average molecular weight is 351 g/mol. The maximum Gasteiger partial charge on any atom is 0.127 e. The lowest BCUT2D eigenvalue weighted by molar-refractivity contribution is -0.0120. The van der Waals surface area contributed by atoms with Gasteiger partial charge in [-0.15, -0.1) is 11.6 Å². The second-order valence-corrected chi connectivity index (χ2v) is 9.47. The van der Waals surface area contributed by atoms with Crippen LogP contribution in [-0.2, 0) is 6.42 Å². The summed E-state index contributed by atoms with van der Waals surface area (Å²) in [6, 6.07) is 4.11. The molecule has 1 aromatic rings. The lowest BCUT2D eigenvalue weighted by Crippen LogP contribution is -2.48. The Labute approximate surface area is 151 Å². The number of hydrogen-bond donors (Lipinski definition) is 1. The van der Waals surface area contributed by atoms with Crippen molar-refractivity contribution in [3.63, 3.8) is 0 Å². The quantitative estimate of drug-likeness (QED) is 0.519. The Morgan fingerprint density at radius 2 is 2.00 bits per heavy atom. The summed E-state index contributed by atoms with van der Waals surface area (Å²) in [5.74, 6) is 1.97. The summed E-state index contributed by atoms with van der Waals surface area (Å²) in [6.45, 7) is 8.71. The highest BCUT2D eigenvalue weighted by Crippen LogP contribution is 2.57. The summed E-state index contributed by atoms with van der Waals surface area (Å²) in [6.07, 6.45) is 7.55. The standard InChI is InChI=1S/C21H31ClO2/c1-5-6-7-8-14-11-17(23)19-15-13-21(4,22)10-9-16(15)20(2,3)24-18(19)12-14/h11-12,15-16,23H,5-10,13H2,1-4H3. The molecule has 0 saturated heterocycles. The van der Waals surface area contributed by atoms with E-state index in [9.17, 15) is 5.11 Å². The van der Waals surface area contributed by atoms with Crippen LogP contribution in [0.5, 0.6) is 11.5 Å². The first-order valence-electron chi connectivity index (χ1n) is 9.47. The number of unbranched alkanes of at least 4 members (excludes halogenated alkanes) is 2. The molecule has 0 aromatic heterocycles. The molecule has 3 rings (SSSR count). The van der Waals surface area contributed by atoms with Crippen molar-refractivity contribution in [2.45, 2.75) is 89.0 Å². The lowest BCUT2D eigenvalue weighted by Gasteiger charge is -2.50. The summed E-state index contributed by atoms with van der Waals surface area (Å²) in [4.78, 5) is -0.182. The number of aryl methyl sites for hydroxylation is 1. The molecule has 1 aromatic carbocycles. The zero-order chi connectivity index (χ0) is 17.5. The van der Waals surface area contributed by atoms with E-state index in [2.05, 4.69) is 33.8 Å². The number of hydrogen-bond acceptors (Lipinski definition) is 2. The molecule has 1 saturated carbocycles. The molecule has 2 nitrogen and oxygen atoms in total. The van der Waals surface area contributed by atoms with Crippen molar-refractivity contribution in [2.24, 2.45) is 5.92 Å². The third kappa shape index (κ3) is 3.40. The van der Waals surface area contributed by atoms with Gasteiger partial charge in [0.2, 0.25) is 0 Å². The molecule has 24 heavy (non-hydrogen) atoms. The second kappa shape index (κ2) is 6.44. The van der Waals surface area contributed by atoms with E-state index in [1.807, 2.05) is 6.07 Å². The predicted octanol–water partition coefficient (Wildman–Crippen LogP) is 6.18. The fourth-order valence-electron chi connectivity index (χ4n) is 4.70. The normalized spacial score (nSPS) is 31.0. The number of ether oxygens (including phenoxy) is 1. The highest BCUT2D eigenvalue weighted by molar-refractivity contribution is 6.23. The number of alkyl halides is 1. The van der Waals surface area contributed by atoms with Crippen LogP contribution in [0.3, 0.4) is 0 Å². The molecular formula is C21H31ClO2. The first kappa shape index (κ1) is 17.9. The largest absolute Gasteiger partial charge is 0.508 e. The Balaban J connectivity index is 1.96. The molecule has 134 valence electrons. The van der Waals surface area contributed by atoms with E-state index in [1.165, 1.54) is 18.4 Å². The number of fused-ring (bicyclic) bond motifs is 3. The molecule has 1 aliphatic heterocycles. The van der Waals surface area contributed by atoms with Gasteiger partial charge in [-0.25, -0.2) is 0 Å². The van der Waals surface area contributed by atoms with E-state index in [-0.39, 0.29) is 16.4 Å².